The summed E-state index contributed by atoms with van der Waals surface area (Å²) < 4.78 is 5.47. The number of carbonyl (C=O) groups is 1. The van der Waals surface area contributed by atoms with Crippen molar-refractivity contribution in [3.63, 3.8) is 0 Å². The van der Waals surface area contributed by atoms with Gasteiger partial charge in [0.1, 0.15) is 0 Å². The molecule has 0 aromatic rings. The van der Waals surface area contributed by atoms with E-state index in [0.717, 1.165) is 44.9 Å². The Hall–Kier alpha value is -1.09. The van der Waals surface area contributed by atoms with Crippen molar-refractivity contribution in [3.05, 3.63) is 24.3 Å². The lowest BCUT2D eigenvalue weighted by Gasteiger charge is -2.01. The van der Waals surface area contributed by atoms with Crippen molar-refractivity contribution in [1.82, 2.24) is 0 Å². The average molecular weight is 293 g/mol. The van der Waals surface area contributed by atoms with Gasteiger partial charge in [0.15, 0.2) is 0 Å². The molecular formula is C18H29O3-. The standard InChI is InChI=1S/C18H30O3/c1-2-16-17(21-16)14-12-10-8-6-4-3-5-7-9-11-13-15-18(19)20/h4,6,10,12,16-17H,2-3,5,7-9,11,13-15H2,1H3,(H,19,20)/p-1/b6-4-,12-10-. The SMILES string of the molecule is CCC1OC1C/C=C\C/C=C\CCCCCCCC(=O)[O-]. The predicted octanol–water partition coefficient (Wildman–Crippen LogP) is 3.54. The maximum atomic E-state index is 10.2. The Morgan fingerprint density at radius 2 is 1.71 bits per heavy atom. The molecule has 120 valence electrons. The first-order valence-corrected chi connectivity index (χ1v) is 8.39. The molecule has 21 heavy (non-hydrogen) atoms. The first-order chi connectivity index (χ1) is 10.2. The quantitative estimate of drug-likeness (QED) is 0.296. The summed E-state index contributed by atoms with van der Waals surface area (Å²) in [6.45, 7) is 2.17. The predicted molar refractivity (Wildman–Crippen MR) is 83.8 cm³/mol. The van der Waals surface area contributed by atoms with Crippen LogP contribution < -0.4 is 5.11 Å². The number of ether oxygens (including phenoxy) is 1. The van der Waals surface area contributed by atoms with Crippen LogP contribution in [0.5, 0.6) is 0 Å². The van der Waals surface area contributed by atoms with E-state index in [2.05, 4.69) is 31.2 Å². The lowest BCUT2D eigenvalue weighted by Crippen LogP contribution is -2.21. The molecule has 1 saturated heterocycles. The number of hydrogen-bond acceptors (Lipinski definition) is 3. The minimum Gasteiger partial charge on any atom is -0.550 e. The molecule has 0 aromatic carbocycles. The zero-order chi connectivity index (χ0) is 15.3. The fourth-order valence-electron chi connectivity index (χ4n) is 2.43. The highest BCUT2D eigenvalue weighted by molar-refractivity contribution is 5.63. The number of unbranched alkanes of at least 4 members (excludes halogenated alkanes) is 5. The van der Waals surface area contributed by atoms with E-state index < -0.39 is 5.97 Å². The fourth-order valence-corrected chi connectivity index (χ4v) is 2.43. The third-order valence-electron chi connectivity index (χ3n) is 3.82. The second kappa shape index (κ2) is 11.6. The average Bonchev–Trinajstić information content (AvgIpc) is 3.22. The highest BCUT2D eigenvalue weighted by Crippen LogP contribution is 2.28. The van der Waals surface area contributed by atoms with Gasteiger partial charge in [-0.3, -0.25) is 0 Å². The van der Waals surface area contributed by atoms with Crippen LogP contribution in [0, 0.1) is 0 Å². The van der Waals surface area contributed by atoms with Crippen LogP contribution in [0.15, 0.2) is 24.3 Å². The first-order valence-electron chi connectivity index (χ1n) is 8.39. The Morgan fingerprint density at radius 3 is 2.43 bits per heavy atom. The Morgan fingerprint density at radius 1 is 1.00 bits per heavy atom. The monoisotopic (exact) mass is 293 g/mol. The van der Waals surface area contributed by atoms with Gasteiger partial charge in [0.25, 0.3) is 0 Å². The molecule has 1 aliphatic rings. The largest absolute Gasteiger partial charge is 0.550 e. The van der Waals surface area contributed by atoms with Gasteiger partial charge in [-0.25, -0.2) is 0 Å². The summed E-state index contributed by atoms with van der Waals surface area (Å²) in [6, 6.07) is 0. The second-order valence-electron chi connectivity index (χ2n) is 5.71. The molecular weight excluding hydrogens is 264 g/mol. The van der Waals surface area contributed by atoms with E-state index >= 15 is 0 Å². The van der Waals surface area contributed by atoms with Crippen LogP contribution in [0.3, 0.4) is 0 Å². The number of rotatable bonds is 13. The molecule has 3 nitrogen and oxygen atoms in total. The summed E-state index contributed by atoms with van der Waals surface area (Å²) in [5.74, 6) is -0.926. The number of epoxide rings is 1. The van der Waals surface area contributed by atoms with Crippen LogP contribution >= 0.6 is 0 Å². The van der Waals surface area contributed by atoms with Crippen LogP contribution in [-0.4, -0.2) is 18.2 Å². The molecule has 3 heteroatoms. The minimum atomic E-state index is -0.926. The van der Waals surface area contributed by atoms with Crippen molar-refractivity contribution in [2.45, 2.75) is 83.3 Å². The van der Waals surface area contributed by atoms with Crippen molar-refractivity contribution in [3.8, 4) is 0 Å². The van der Waals surface area contributed by atoms with E-state index in [1.807, 2.05) is 0 Å². The Bertz CT molecular complexity index is 333. The number of carboxylic acids is 1. The molecule has 0 aliphatic carbocycles. The molecule has 1 fully saturated rings. The summed E-state index contributed by atoms with van der Waals surface area (Å²) in [6.07, 6.45) is 19.7. The third kappa shape index (κ3) is 10.3. The molecule has 2 atom stereocenters. The summed E-state index contributed by atoms with van der Waals surface area (Å²) in [5, 5.41) is 10.2. The summed E-state index contributed by atoms with van der Waals surface area (Å²) in [5.41, 5.74) is 0. The minimum absolute atomic E-state index is 0.205. The van der Waals surface area contributed by atoms with Crippen molar-refractivity contribution in [2.75, 3.05) is 0 Å². The van der Waals surface area contributed by atoms with E-state index in [-0.39, 0.29) is 6.42 Å². The normalized spacial score (nSPS) is 21.4. The summed E-state index contributed by atoms with van der Waals surface area (Å²) >= 11 is 0. The van der Waals surface area contributed by atoms with Crippen LogP contribution in [0.25, 0.3) is 0 Å². The van der Waals surface area contributed by atoms with Crippen molar-refractivity contribution >= 4 is 5.97 Å². The first kappa shape index (κ1) is 18.0. The molecule has 1 aliphatic heterocycles. The summed E-state index contributed by atoms with van der Waals surface area (Å²) in [7, 11) is 0. The lowest BCUT2D eigenvalue weighted by molar-refractivity contribution is -0.305. The highest BCUT2D eigenvalue weighted by Gasteiger charge is 2.35. The smallest absolute Gasteiger partial charge is 0.0876 e. The maximum absolute atomic E-state index is 10.2. The van der Waals surface area contributed by atoms with Gasteiger partial charge >= 0.3 is 0 Å². The molecule has 0 radical (unpaired) electrons. The number of allylic oxidation sites excluding steroid dienone is 3. The number of carboxylic acid groups (broad SMARTS) is 1. The number of carbonyl (C=O) groups excluding carboxylic acids is 1. The lowest BCUT2D eigenvalue weighted by atomic mass is 10.1. The zero-order valence-corrected chi connectivity index (χ0v) is 13.3. The molecule has 1 rings (SSSR count). The molecule has 0 spiro atoms. The van der Waals surface area contributed by atoms with Crippen molar-refractivity contribution in [2.24, 2.45) is 0 Å². The molecule has 0 N–H and O–H groups in total. The van der Waals surface area contributed by atoms with Crippen LogP contribution in [-0.2, 0) is 9.53 Å². The van der Waals surface area contributed by atoms with Gasteiger partial charge in [-0.05, 0) is 44.9 Å². The van der Waals surface area contributed by atoms with Crippen LogP contribution in [0.4, 0.5) is 0 Å². The van der Waals surface area contributed by atoms with E-state index in [1.165, 1.54) is 12.8 Å². The van der Waals surface area contributed by atoms with E-state index in [1.54, 1.807) is 0 Å². The molecule has 1 heterocycles. The Labute approximate surface area is 129 Å². The molecule has 2 unspecified atom stereocenters. The van der Waals surface area contributed by atoms with Gasteiger partial charge in [-0.1, -0.05) is 50.5 Å². The zero-order valence-electron chi connectivity index (χ0n) is 13.3. The Kier molecular flexibility index (Phi) is 9.88. The van der Waals surface area contributed by atoms with E-state index in [0.29, 0.717) is 12.2 Å². The molecule has 0 bridgehead atoms. The van der Waals surface area contributed by atoms with Gasteiger partial charge in [0, 0.05) is 5.97 Å². The van der Waals surface area contributed by atoms with Gasteiger partial charge < -0.3 is 14.6 Å². The fraction of sp³-hybridized carbons (Fsp3) is 0.722. The van der Waals surface area contributed by atoms with E-state index in [9.17, 15) is 9.90 Å². The van der Waals surface area contributed by atoms with Gasteiger partial charge in [-0.15, -0.1) is 0 Å². The topological polar surface area (TPSA) is 52.7 Å². The van der Waals surface area contributed by atoms with Crippen LogP contribution in [0.1, 0.15) is 71.1 Å². The van der Waals surface area contributed by atoms with Crippen molar-refractivity contribution in [1.29, 1.82) is 0 Å². The highest BCUT2D eigenvalue weighted by atomic mass is 16.6. The Balaban J connectivity index is 1.80. The van der Waals surface area contributed by atoms with Gasteiger partial charge in [0.2, 0.25) is 0 Å². The maximum Gasteiger partial charge on any atom is 0.0876 e. The van der Waals surface area contributed by atoms with E-state index in [4.69, 9.17) is 4.74 Å². The summed E-state index contributed by atoms with van der Waals surface area (Å²) in [4.78, 5) is 10.2. The van der Waals surface area contributed by atoms with Crippen LogP contribution in [0.2, 0.25) is 0 Å². The van der Waals surface area contributed by atoms with Crippen molar-refractivity contribution < 1.29 is 14.6 Å². The third-order valence-corrected chi connectivity index (χ3v) is 3.82. The number of aliphatic carboxylic acids is 1. The molecule has 0 amide bonds. The van der Waals surface area contributed by atoms with Gasteiger partial charge in [-0.2, -0.15) is 0 Å². The van der Waals surface area contributed by atoms with Gasteiger partial charge in [0.05, 0.1) is 12.2 Å². The second-order valence-corrected chi connectivity index (χ2v) is 5.71. The molecule has 0 saturated carbocycles. The number of hydrogen-bond donors (Lipinski definition) is 0. The molecule has 0 aromatic heterocycles.